The van der Waals surface area contributed by atoms with Crippen LogP contribution in [0, 0.1) is 0 Å². The summed E-state index contributed by atoms with van der Waals surface area (Å²) in [6, 6.07) is 15.9. The van der Waals surface area contributed by atoms with Gasteiger partial charge in [-0.15, -0.1) is 11.3 Å². The Kier molecular flexibility index (Phi) is 6.24. The van der Waals surface area contributed by atoms with Gasteiger partial charge in [0, 0.05) is 20.4 Å². The number of rotatable bonds is 6. The quantitative estimate of drug-likeness (QED) is 0.340. The van der Waals surface area contributed by atoms with E-state index < -0.39 is 0 Å². The molecule has 0 aliphatic rings. The minimum Gasteiger partial charge on any atom is -0.252 e. The zero-order valence-electron chi connectivity index (χ0n) is 13.7. The molecule has 128 valence electrons. The summed E-state index contributed by atoms with van der Waals surface area (Å²) in [5.74, 6) is 0. The molecular weight excluding hydrogens is 418 g/mol. The van der Waals surface area contributed by atoms with Crippen molar-refractivity contribution in [3.63, 3.8) is 0 Å². The number of nitrogens with zero attached hydrogens (tertiary/aromatic N) is 2. The highest BCUT2D eigenvalue weighted by Crippen LogP contribution is 2.26. The first kappa shape index (κ1) is 18.1. The number of thiazole rings is 1. The zero-order valence-corrected chi connectivity index (χ0v) is 16.8. The molecule has 0 fully saturated rings. The molecule has 3 rings (SSSR count). The minimum absolute atomic E-state index is 0.723. The summed E-state index contributed by atoms with van der Waals surface area (Å²) in [5, 5.41) is 8.09. The summed E-state index contributed by atoms with van der Waals surface area (Å²) in [6.07, 6.45) is 1.94. The lowest BCUT2D eigenvalue weighted by atomic mass is 10.1. The van der Waals surface area contributed by atoms with Crippen LogP contribution >= 0.6 is 38.9 Å². The van der Waals surface area contributed by atoms with Crippen molar-refractivity contribution in [1.82, 2.24) is 4.98 Å². The zero-order chi connectivity index (χ0) is 17.6. The number of hydrogen-bond donors (Lipinski definition) is 1. The van der Waals surface area contributed by atoms with Gasteiger partial charge >= 0.3 is 0 Å². The van der Waals surface area contributed by atoms with Crippen LogP contribution in [0.15, 0.2) is 63.5 Å². The van der Waals surface area contributed by atoms with Gasteiger partial charge in [-0.2, -0.15) is 5.10 Å². The van der Waals surface area contributed by atoms with Crippen molar-refractivity contribution in [2.75, 3.05) is 5.43 Å². The van der Waals surface area contributed by atoms with Gasteiger partial charge in [-0.05, 0) is 36.2 Å². The number of halogens is 2. The third-order valence-corrected chi connectivity index (χ3v) is 5.12. The average molecular weight is 435 g/mol. The van der Waals surface area contributed by atoms with Crippen LogP contribution in [-0.4, -0.2) is 10.7 Å². The van der Waals surface area contributed by atoms with E-state index in [0.717, 1.165) is 50.0 Å². The van der Waals surface area contributed by atoms with E-state index >= 15 is 0 Å². The van der Waals surface area contributed by atoms with Gasteiger partial charge in [-0.25, -0.2) is 4.98 Å². The average Bonchev–Trinajstić information content (AvgIpc) is 3.09. The molecule has 0 atom stereocenters. The molecule has 1 N–H and O–H groups in total. The number of hydrazone groups is 1. The van der Waals surface area contributed by atoms with Crippen LogP contribution in [0.1, 0.15) is 25.3 Å². The van der Waals surface area contributed by atoms with Crippen molar-refractivity contribution in [1.29, 1.82) is 0 Å². The molecule has 0 bridgehead atoms. The SMILES string of the molecule is CCC/C(=N/Nc1nc(-c2ccc(Cl)cc2)cs1)c1ccc(Br)cc1. The summed E-state index contributed by atoms with van der Waals surface area (Å²) >= 11 is 10.9. The molecule has 0 aliphatic heterocycles. The topological polar surface area (TPSA) is 37.3 Å². The van der Waals surface area contributed by atoms with E-state index in [-0.39, 0.29) is 0 Å². The lowest BCUT2D eigenvalue weighted by Gasteiger charge is -2.06. The van der Waals surface area contributed by atoms with E-state index in [0.29, 0.717) is 0 Å². The minimum atomic E-state index is 0.723. The van der Waals surface area contributed by atoms with Crippen LogP contribution < -0.4 is 5.43 Å². The van der Waals surface area contributed by atoms with Gasteiger partial charge in [-0.1, -0.05) is 65.1 Å². The first-order chi connectivity index (χ1) is 12.2. The molecule has 0 saturated heterocycles. The number of nitrogens with one attached hydrogen (secondary N) is 1. The monoisotopic (exact) mass is 433 g/mol. The molecule has 0 spiro atoms. The molecule has 2 aromatic carbocycles. The van der Waals surface area contributed by atoms with E-state index in [9.17, 15) is 0 Å². The second kappa shape index (κ2) is 8.61. The summed E-state index contributed by atoms with van der Waals surface area (Å²) < 4.78 is 1.06. The molecule has 0 aliphatic carbocycles. The number of hydrogen-bond acceptors (Lipinski definition) is 4. The van der Waals surface area contributed by atoms with Crippen LogP contribution in [0.4, 0.5) is 5.13 Å². The van der Waals surface area contributed by atoms with Crippen LogP contribution in [0.5, 0.6) is 0 Å². The molecule has 25 heavy (non-hydrogen) atoms. The largest absolute Gasteiger partial charge is 0.252 e. The Bertz CT molecular complexity index is 857. The first-order valence-electron chi connectivity index (χ1n) is 7.95. The van der Waals surface area contributed by atoms with Crippen LogP contribution in [0.2, 0.25) is 5.02 Å². The second-order valence-corrected chi connectivity index (χ2v) is 7.68. The molecule has 0 amide bonds. The van der Waals surface area contributed by atoms with Crippen molar-refractivity contribution in [3.8, 4) is 11.3 Å². The van der Waals surface area contributed by atoms with Gasteiger partial charge in [0.15, 0.2) is 0 Å². The van der Waals surface area contributed by atoms with Gasteiger partial charge in [0.2, 0.25) is 5.13 Å². The fourth-order valence-corrected chi connectivity index (χ4v) is 3.39. The highest BCUT2D eigenvalue weighted by atomic mass is 79.9. The molecule has 1 aromatic heterocycles. The Hall–Kier alpha value is -1.69. The molecule has 3 aromatic rings. The van der Waals surface area contributed by atoms with E-state index in [1.54, 1.807) is 0 Å². The highest BCUT2D eigenvalue weighted by Gasteiger charge is 2.06. The number of benzene rings is 2. The molecule has 6 heteroatoms. The maximum atomic E-state index is 5.94. The predicted molar refractivity (Wildman–Crippen MR) is 112 cm³/mol. The smallest absolute Gasteiger partial charge is 0.203 e. The summed E-state index contributed by atoms with van der Waals surface area (Å²) in [5.41, 5.74) is 7.20. The van der Waals surface area contributed by atoms with Gasteiger partial charge in [-0.3, -0.25) is 5.43 Å². The second-order valence-electron chi connectivity index (χ2n) is 5.47. The Morgan fingerprint density at radius 2 is 1.88 bits per heavy atom. The van der Waals surface area contributed by atoms with Gasteiger partial charge in [0.05, 0.1) is 11.4 Å². The van der Waals surface area contributed by atoms with E-state index in [1.807, 2.05) is 41.8 Å². The van der Waals surface area contributed by atoms with Crippen molar-refractivity contribution >= 4 is 49.7 Å². The predicted octanol–water partition coefficient (Wildman–Crippen LogP) is 6.84. The Morgan fingerprint density at radius 1 is 1.16 bits per heavy atom. The van der Waals surface area contributed by atoms with Gasteiger partial charge in [0.25, 0.3) is 0 Å². The Morgan fingerprint density at radius 3 is 2.56 bits per heavy atom. The number of anilines is 1. The fourth-order valence-electron chi connectivity index (χ4n) is 2.34. The highest BCUT2D eigenvalue weighted by molar-refractivity contribution is 9.10. The normalized spacial score (nSPS) is 11.6. The first-order valence-corrected chi connectivity index (χ1v) is 10.0. The molecular formula is C19H17BrClN3S. The molecule has 0 saturated carbocycles. The van der Waals surface area contributed by atoms with E-state index in [2.05, 4.69) is 50.5 Å². The van der Waals surface area contributed by atoms with E-state index in [4.69, 9.17) is 11.6 Å². The van der Waals surface area contributed by atoms with Gasteiger partial charge < -0.3 is 0 Å². The molecule has 0 unspecified atom stereocenters. The lowest BCUT2D eigenvalue weighted by molar-refractivity contribution is 0.987. The van der Waals surface area contributed by atoms with Crippen LogP contribution in [0.25, 0.3) is 11.3 Å². The van der Waals surface area contributed by atoms with Crippen LogP contribution in [0.3, 0.4) is 0 Å². The third kappa shape index (κ3) is 4.91. The van der Waals surface area contributed by atoms with Crippen molar-refractivity contribution in [2.45, 2.75) is 19.8 Å². The van der Waals surface area contributed by atoms with Crippen LogP contribution in [-0.2, 0) is 0 Å². The van der Waals surface area contributed by atoms with Gasteiger partial charge in [0.1, 0.15) is 0 Å². The number of aromatic nitrogens is 1. The van der Waals surface area contributed by atoms with Crippen molar-refractivity contribution in [3.05, 3.63) is 69.0 Å². The molecule has 0 radical (unpaired) electrons. The maximum Gasteiger partial charge on any atom is 0.203 e. The lowest BCUT2D eigenvalue weighted by Crippen LogP contribution is -2.04. The molecule has 3 nitrogen and oxygen atoms in total. The Labute approximate surface area is 164 Å². The summed E-state index contributed by atoms with van der Waals surface area (Å²) in [6.45, 7) is 2.15. The Balaban J connectivity index is 1.77. The third-order valence-electron chi connectivity index (χ3n) is 3.59. The van der Waals surface area contributed by atoms with E-state index in [1.165, 1.54) is 11.3 Å². The summed E-state index contributed by atoms with van der Waals surface area (Å²) in [4.78, 5) is 4.60. The summed E-state index contributed by atoms with van der Waals surface area (Å²) in [7, 11) is 0. The standard InChI is InChI=1S/C19H17BrClN3S/c1-2-3-17(13-4-8-15(20)9-5-13)23-24-19-22-18(12-25-19)14-6-10-16(21)11-7-14/h4-12H,2-3H2,1H3,(H,22,24)/b23-17-. The van der Waals surface area contributed by atoms with Crippen molar-refractivity contribution in [2.24, 2.45) is 5.10 Å². The fraction of sp³-hybridized carbons (Fsp3) is 0.158. The van der Waals surface area contributed by atoms with Crippen molar-refractivity contribution < 1.29 is 0 Å². The molecule has 1 heterocycles. The maximum absolute atomic E-state index is 5.94.